The maximum atomic E-state index is 15.3. The number of benzene rings is 1. The first-order valence-corrected chi connectivity index (χ1v) is 10.0. The fourth-order valence-electron chi connectivity index (χ4n) is 4.45. The fraction of sp³-hybridized carbons (Fsp3) is 0.429. The summed E-state index contributed by atoms with van der Waals surface area (Å²) in [6.45, 7) is 1.61. The van der Waals surface area contributed by atoms with E-state index in [9.17, 15) is 9.50 Å². The molecule has 2 N–H and O–H groups in total. The van der Waals surface area contributed by atoms with Crippen LogP contribution in [-0.4, -0.2) is 66.8 Å². The van der Waals surface area contributed by atoms with Gasteiger partial charge in [0.1, 0.15) is 23.8 Å². The van der Waals surface area contributed by atoms with Crippen LogP contribution in [-0.2, 0) is 0 Å². The molecule has 0 radical (unpaired) electrons. The van der Waals surface area contributed by atoms with Crippen LogP contribution in [0.15, 0.2) is 43.1 Å². The lowest BCUT2D eigenvalue weighted by Crippen LogP contribution is -2.62. The summed E-state index contributed by atoms with van der Waals surface area (Å²) in [5.74, 6) is 0.171. The highest BCUT2D eigenvalue weighted by atomic mass is 19.1. The Hall–Kier alpha value is -3.14. The number of phenols is 1. The van der Waals surface area contributed by atoms with E-state index in [1.54, 1.807) is 55.5 Å². The largest absolute Gasteiger partial charge is 0.507 e. The average Bonchev–Trinajstić information content (AvgIpc) is 3.37. The van der Waals surface area contributed by atoms with E-state index in [1.165, 1.54) is 11.1 Å². The summed E-state index contributed by atoms with van der Waals surface area (Å²) in [6, 6.07) is 2.79. The molecule has 4 heterocycles. The van der Waals surface area contributed by atoms with Crippen LogP contribution in [0.2, 0.25) is 0 Å². The predicted octanol–water partition coefficient (Wildman–Crippen LogP) is 2.44. The summed E-state index contributed by atoms with van der Waals surface area (Å²) in [7, 11) is 1.62. The van der Waals surface area contributed by atoms with Gasteiger partial charge in [-0.3, -0.25) is 0 Å². The van der Waals surface area contributed by atoms with Gasteiger partial charge in [-0.05, 0) is 25.5 Å². The number of imidazole rings is 1. The quantitative estimate of drug-likeness (QED) is 0.659. The van der Waals surface area contributed by atoms with Crippen LogP contribution >= 0.6 is 0 Å². The Labute approximate surface area is 179 Å². The molecule has 2 aliphatic heterocycles. The van der Waals surface area contributed by atoms with E-state index in [1.807, 2.05) is 0 Å². The number of fused-ring (bicyclic) bond motifs is 2. The van der Waals surface area contributed by atoms with E-state index in [4.69, 9.17) is 1.37 Å². The topological polar surface area (TPSA) is 92.0 Å². The minimum atomic E-state index is -1.54. The number of nitrogens with zero attached hydrogens (tertiary/aromatic N) is 6. The molecule has 0 unspecified atom stereocenters. The Bertz CT molecular complexity index is 1130. The Morgan fingerprint density at radius 3 is 2.87 bits per heavy atom. The third kappa shape index (κ3) is 3.31. The van der Waals surface area contributed by atoms with Crippen LogP contribution in [0.3, 0.4) is 0 Å². The molecule has 3 aromatic rings. The zero-order valence-corrected chi connectivity index (χ0v) is 17.1. The van der Waals surface area contributed by atoms with Crippen molar-refractivity contribution in [2.24, 2.45) is 0 Å². The lowest BCUT2D eigenvalue weighted by Gasteiger charge is -2.43. The maximum Gasteiger partial charge on any atom is 0.245 e. The van der Waals surface area contributed by atoms with Crippen molar-refractivity contribution < 1.29 is 15.3 Å². The molecule has 2 fully saturated rings. The summed E-state index contributed by atoms with van der Waals surface area (Å²) < 4.78 is 39.8. The lowest BCUT2D eigenvalue weighted by molar-refractivity contribution is 0.110. The van der Waals surface area contributed by atoms with Gasteiger partial charge in [0.2, 0.25) is 5.95 Å². The molecule has 2 aliphatic rings. The maximum absolute atomic E-state index is 15.3. The van der Waals surface area contributed by atoms with Gasteiger partial charge in [-0.2, -0.15) is 0 Å². The number of aromatic nitrogens is 5. The fourth-order valence-corrected chi connectivity index (χ4v) is 4.45. The number of halogens is 2. The number of anilines is 1. The van der Waals surface area contributed by atoms with E-state index in [0.717, 1.165) is 5.69 Å². The van der Waals surface area contributed by atoms with Crippen molar-refractivity contribution in [2.75, 3.05) is 11.9 Å². The molecule has 5 atom stereocenters. The number of phenolic OH excluding ortho intramolecular Hbond substituents is 1. The van der Waals surface area contributed by atoms with Crippen molar-refractivity contribution in [2.45, 2.75) is 49.7 Å². The summed E-state index contributed by atoms with van der Waals surface area (Å²) in [4.78, 5) is 9.80. The summed E-state index contributed by atoms with van der Waals surface area (Å²) >= 11 is 0. The third-order valence-corrected chi connectivity index (χ3v) is 6.23. The number of hydrogen-bond acceptors (Lipinski definition) is 7. The Morgan fingerprint density at radius 2 is 2.19 bits per heavy atom. The van der Waals surface area contributed by atoms with E-state index in [2.05, 4.69) is 25.5 Å². The van der Waals surface area contributed by atoms with Gasteiger partial charge in [-0.1, -0.05) is 0 Å². The number of hydrogen-bond donors (Lipinski definition) is 2. The van der Waals surface area contributed by atoms with Crippen LogP contribution in [0, 0.1) is 0 Å². The molecule has 2 bridgehead atoms. The van der Waals surface area contributed by atoms with Gasteiger partial charge >= 0.3 is 0 Å². The van der Waals surface area contributed by atoms with Gasteiger partial charge in [-0.25, -0.2) is 18.7 Å². The normalized spacial score (nSPS) is 32.6. The molecular formula is C21H23F2N7O. The highest BCUT2D eigenvalue weighted by Crippen LogP contribution is 2.41. The van der Waals surface area contributed by atoms with E-state index < -0.39 is 29.9 Å². The molecule has 162 valence electrons. The monoisotopic (exact) mass is 428 g/mol. The van der Waals surface area contributed by atoms with E-state index >= 15 is 4.39 Å². The van der Waals surface area contributed by atoms with Crippen LogP contribution in [0.1, 0.15) is 21.1 Å². The highest BCUT2D eigenvalue weighted by molar-refractivity contribution is 5.68. The standard InChI is InChI=1S/C21H23F2N7O/c1-21-9-14(22)15(26-21)8-17(19(21)23)29(2)20-25-10-16(27-28-20)13-4-3-12(7-18(13)31)30-6-5-24-11-30/h3-7,10-11,14-15,17,19,26,31H,8-9H2,1-2H3/t14-,15+,17-,19+,21+/m1/s1/i15D. The lowest BCUT2D eigenvalue weighted by atomic mass is 9.86. The zero-order chi connectivity index (χ0) is 22.7. The molecule has 5 rings (SSSR count). The van der Waals surface area contributed by atoms with Crippen LogP contribution < -0.4 is 10.2 Å². The Morgan fingerprint density at radius 1 is 1.35 bits per heavy atom. The van der Waals surface area contributed by atoms with Gasteiger partial charge in [0.05, 0.1) is 29.8 Å². The molecule has 0 saturated carbocycles. The second kappa shape index (κ2) is 7.23. The molecule has 1 aromatic carbocycles. The smallest absolute Gasteiger partial charge is 0.245 e. The summed E-state index contributed by atoms with van der Waals surface area (Å²) in [5.41, 5.74) is 0.421. The van der Waals surface area contributed by atoms with Crippen molar-refractivity contribution >= 4 is 5.95 Å². The SMILES string of the molecule is [2H][C@]12C[C@@H](N(C)c3ncc(-c4ccc(-n5ccnc5)cc4O)nn3)[C@H](F)[C@](C)(C[C@H]1F)N2. The van der Waals surface area contributed by atoms with Crippen LogP contribution in [0.5, 0.6) is 5.75 Å². The minimum Gasteiger partial charge on any atom is -0.507 e. The third-order valence-electron chi connectivity index (χ3n) is 6.23. The van der Waals surface area contributed by atoms with Crippen LogP contribution in [0.4, 0.5) is 14.7 Å². The van der Waals surface area contributed by atoms with E-state index in [0.29, 0.717) is 11.3 Å². The molecule has 31 heavy (non-hydrogen) atoms. The van der Waals surface area contributed by atoms with Crippen LogP contribution in [0.25, 0.3) is 16.9 Å². The van der Waals surface area contributed by atoms with Crippen molar-refractivity contribution in [3.8, 4) is 22.7 Å². The molecule has 8 nitrogen and oxygen atoms in total. The molecule has 2 saturated heterocycles. The van der Waals surface area contributed by atoms with Crippen molar-refractivity contribution in [3.63, 3.8) is 0 Å². The first-order chi connectivity index (χ1) is 15.2. The second-order valence-corrected chi connectivity index (χ2v) is 8.34. The minimum absolute atomic E-state index is 0.00483. The summed E-state index contributed by atoms with van der Waals surface area (Å²) in [5, 5.41) is 21.5. The van der Waals surface area contributed by atoms with Gasteiger partial charge in [0.15, 0.2) is 0 Å². The van der Waals surface area contributed by atoms with Crippen molar-refractivity contribution in [3.05, 3.63) is 43.1 Å². The van der Waals surface area contributed by atoms with Gasteiger partial charge < -0.3 is 19.9 Å². The van der Waals surface area contributed by atoms with Gasteiger partial charge in [0.25, 0.3) is 0 Å². The van der Waals surface area contributed by atoms with Gasteiger partial charge in [-0.15, -0.1) is 10.2 Å². The van der Waals surface area contributed by atoms with Crippen molar-refractivity contribution in [1.82, 2.24) is 30.0 Å². The van der Waals surface area contributed by atoms with Gasteiger partial charge in [0, 0.05) is 44.9 Å². The molecule has 10 heteroatoms. The number of aromatic hydroxyl groups is 1. The van der Waals surface area contributed by atoms with Crippen molar-refractivity contribution in [1.29, 1.82) is 0 Å². The second-order valence-electron chi connectivity index (χ2n) is 8.34. The summed E-state index contributed by atoms with van der Waals surface area (Å²) in [6.07, 6.45) is 3.54. The number of rotatable bonds is 4. The number of nitrogens with one attached hydrogen (secondary N) is 1. The van der Waals surface area contributed by atoms with E-state index in [-0.39, 0.29) is 24.5 Å². The molecule has 0 spiro atoms. The average molecular weight is 428 g/mol. The predicted molar refractivity (Wildman–Crippen MR) is 111 cm³/mol. The molecule has 0 amide bonds. The highest BCUT2D eigenvalue weighted by Gasteiger charge is 2.56. The molecule has 0 aliphatic carbocycles. The Balaban J connectivity index is 1.38. The first kappa shape index (κ1) is 18.6. The molecule has 2 aromatic heterocycles. The zero-order valence-electron chi connectivity index (χ0n) is 18.1. The number of alkyl halides is 2. The molecular weight excluding hydrogens is 404 g/mol. The first-order valence-electron chi connectivity index (χ1n) is 10.5. The number of piperidine rings is 1. The Kier molecular flexibility index (Phi) is 4.34.